The van der Waals surface area contributed by atoms with E-state index < -0.39 is 10.0 Å². The Morgan fingerprint density at radius 2 is 1.77 bits per heavy atom. The predicted molar refractivity (Wildman–Crippen MR) is 126 cm³/mol. The maximum Gasteiger partial charge on any atom is 0.257 e. The van der Waals surface area contributed by atoms with E-state index in [2.05, 4.69) is 5.32 Å². The maximum absolute atomic E-state index is 12.8. The van der Waals surface area contributed by atoms with Crippen molar-refractivity contribution < 1.29 is 13.2 Å². The number of nitrogens with zero attached hydrogens (tertiary/aromatic N) is 1. The first kappa shape index (κ1) is 22.7. The standard InChI is InChI=1S/C23H30N2O3S2/c1-25(30(2,27)28)22-12-6-5-11-21(22)23(26)24-19-13-15-20(16-14-19)29-17-7-10-18-8-3-4-9-18/h5-6,11-16,18H,3-4,7-10,17H2,1-2H3,(H,24,26). The minimum Gasteiger partial charge on any atom is -0.322 e. The van der Waals surface area contributed by atoms with E-state index >= 15 is 0 Å². The van der Waals surface area contributed by atoms with E-state index in [4.69, 9.17) is 0 Å². The van der Waals surface area contributed by atoms with Gasteiger partial charge >= 0.3 is 0 Å². The van der Waals surface area contributed by atoms with Crippen LogP contribution in [0.2, 0.25) is 0 Å². The average Bonchev–Trinajstić information content (AvgIpc) is 3.24. The van der Waals surface area contributed by atoms with Crippen LogP contribution in [0.4, 0.5) is 11.4 Å². The van der Waals surface area contributed by atoms with Gasteiger partial charge in [-0.2, -0.15) is 0 Å². The Kier molecular flexibility index (Phi) is 7.83. The molecule has 1 N–H and O–H groups in total. The van der Waals surface area contributed by atoms with Crippen LogP contribution >= 0.6 is 11.8 Å². The van der Waals surface area contributed by atoms with Crippen molar-refractivity contribution in [1.29, 1.82) is 0 Å². The molecule has 3 rings (SSSR count). The Morgan fingerprint density at radius 1 is 1.10 bits per heavy atom. The van der Waals surface area contributed by atoms with Crippen molar-refractivity contribution in [2.75, 3.05) is 28.7 Å². The molecule has 0 atom stereocenters. The van der Waals surface area contributed by atoms with Crippen LogP contribution < -0.4 is 9.62 Å². The van der Waals surface area contributed by atoms with Gasteiger partial charge < -0.3 is 5.32 Å². The molecular formula is C23H30N2O3S2. The Labute approximate surface area is 184 Å². The molecule has 1 aliphatic rings. The van der Waals surface area contributed by atoms with Crippen LogP contribution in [0.25, 0.3) is 0 Å². The molecule has 0 bridgehead atoms. The third-order valence-corrected chi connectivity index (χ3v) is 7.89. The van der Waals surface area contributed by atoms with E-state index in [0.29, 0.717) is 16.9 Å². The second-order valence-corrected chi connectivity index (χ2v) is 11.0. The summed E-state index contributed by atoms with van der Waals surface area (Å²) in [6, 6.07) is 14.5. The zero-order valence-electron chi connectivity index (χ0n) is 17.6. The van der Waals surface area contributed by atoms with Gasteiger partial charge in [-0.3, -0.25) is 9.10 Å². The molecule has 0 radical (unpaired) electrons. The summed E-state index contributed by atoms with van der Waals surface area (Å²) in [5.41, 5.74) is 1.36. The largest absolute Gasteiger partial charge is 0.322 e. The molecule has 1 aliphatic carbocycles. The second kappa shape index (κ2) is 10.4. The lowest BCUT2D eigenvalue weighted by Gasteiger charge is -2.19. The lowest BCUT2D eigenvalue weighted by molar-refractivity contribution is 0.102. The molecule has 0 heterocycles. The average molecular weight is 447 g/mol. The third-order valence-electron chi connectivity index (χ3n) is 5.60. The molecule has 2 aromatic rings. The van der Waals surface area contributed by atoms with Crippen LogP contribution in [0.15, 0.2) is 53.4 Å². The van der Waals surface area contributed by atoms with Crippen LogP contribution in [-0.2, 0) is 10.0 Å². The Bertz CT molecular complexity index is 953. The van der Waals surface area contributed by atoms with E-state index in [9.17, 15) is 13.2 Å². The Hall–Kier alpha value is -1.99. The molecule has 5 nitrogen and oxygen atoms in total. The number of amides is 1. The number of para-hydroxylation sites is 1. The Balaban J connectivity index is 1.56. The number of rotatable bonds is 9. The van der Waals surface area contributed by atoms with Crippen LogP contribution in [0.5, 0.6) is 0 Å². The second-order valence-electron chi connectivity index (χ2n) is 7.87. The maximum atomic E-state index is 12.8. The van der Waals surface area contributed by atoms with Crippen molar-refractivity contribution in [1.82, 2.24) is 0 Å². The molecule has 0 aliphatic heterocycles. The highest BCUT2D eigenvalue weighted by Gasteiger charge is 2.19. The minimum atomic E-state index is -3.46. The summed E-state index contributed by atoms with van der Waals surface area (Å²) in [7, 11) is -2.01. The zero-order valence-corrected chi connectivity index (χ0v) is 19.3. The van der Waals surface area contributed by atoms with Crippen molar-refractivity contribution in [3.63, 3.8) is 0 Å². The number of benzene rings is 2. The molecule has 30 heavy (non-hydrogen) atoms. The summed E-state index contributed by atoms with van der Waals surface area (Å²) in [6.07, 6.45) is 9.32. The number of thioether (sulfide) groups is 1. The molecule has 0 spiro atoms. The normalized spacial score (nSPS) is 14.6. The number of hydrogen-bond donors (Lipinski definition) is 1. The van der Waals surface area contributed by atoms with Gasteiger partial charge in [0.25, 0.3) is 5.91 Å². The van der Waals surface area contributed by atoms with Gasteiger partial charge in [-0.1, -0.05) is 37.8 Å². The van der Waals surface area contributed by atoms with Gasteiger partial charge in [0.1, 0.15) is 0 Å². The van der Waals surface area contributed by atoms with E-state index in [-0.39, 0.29) is 5.91 Å². The number of hydrogen-bond acceptors (Lipinski definition) is 4. The summed E-state index contributed by atoms with van der Waals surface area (Å²) in [5.74, 6) is 1.72. The van der Waals surface area contributed by atoms with Crippen LogP contribution in [0, 0.1) is 5.92 Å². The van der Waals surface area contributed by atoms with E-state index in [1.54, 1.807) is 24.3 Å². The van der Waals surface area contributed by atoms with Crippen molar-refractivity contribution in [2.45, 2.75) is 43.4 Å². The fourth-order valence-corrected chi connectivity index (χ4v) is 5.20. The summed E-state index contributed by atoms with van der Waals surface area (Å²) < 4.78 is 24.9. The monoisotopic (exact) mass is 446 g/mol. The molecule has 0 aromatic heterocycles. The molecule has 2 aromatic carbocycles. The molecule has 162 valence electrons. The highest BCUT2D eigenvalue weighted by Crippen LogP contribution is 2.30. The first-order valence-electron chi connectivity index (χ1n) is 10.4. The molecule has 0 saturated heterocycles. The quantitative estimate of drug-likeness (QED) is 0.414. The fraction of sp³-hybridized carbons (Fsp3) is 0.435. The highest BCUT2D eigenvalue weighted by atomic mass is 32.2. The summed E-state index contributed by atoms with van der Waals surface area (Å²) in [5, 5.41) is 2.87. The van der Waals surface area contributed by atoms with Crippen molar-refractivity contribution in [3.05, 3.63) is 54.1 Å². The first-order chi connectivity index (χ1) is 14.3. The zero-order chi connectivity index (χ0) is 21.6. The number of carbonyl (C=O) groups is 1. The van der Waals surface area contributed by atoms with E-state index in [1.807, 2.05) is 36.0 Å². The Morgan fingerprint density at radius 3 is 2.43 bits per heavy atom. The number of sulfonamides is 1. The number of carbonyl (C=O) groups excluding carboxylic acids is 1. The molecule has 1 saturated carbocycles. The lowest BCUT2D eigenvalue weighted by Crippen LogP contribution is -2.27. The predicted octanol–water partition coefficient (Wildman–Crippen LogP) is 5.40. The summed E-state index contributed by atoms with van der Waals surface area (Å²) in [4.78, 5) is 13.9. The van der Waals surface area contributed by atoms with Gasteiger partial charge in [-0.15, -0.1) is 11.8 Å². The van der Waals surface area contributed by atoms with Crippen LogP contribution in [0.1, 0.15) is 48.9 Å². The molecular weight excluding hydrogens is 416 g/mol. The van der Waals surface area contributed by atoms with Gasteiger partial charge in [0.05, 0.1) is 17.5 Å². The summed E-state index contributed by atoms with van der Waals surface area (Å²) in [6.45, 7) is 0. The van der Waals surface area contributed by atoms with Crippen molar-refractivity contribution in [2.24, 2.45) is 5.92 Å². The van der Waals surface area contributed by atoms with Gasteiger partial charge in [0.15, 0.2) is 0 Å². The van der Waals surface area contributed by atoms with Crippen LogP contribution in [0.3, 0.4) is 0 Å². The molecule has 0 unspecified atom stereocenters. The van der Waals surface area contributed by atoms with Gasteiger partial charge in [0, 0.05) is 17.6 Å². The van der Waals surface area contributed by atoms with E-state index in [1.165, 1.54) is 50.5 Å². The van der Waals surface area contributed by atoms with Crippen molar-refractivity contribution in [3.8, 4) is 0 Å². The number of anilines is 2. The molecule has 7 heteroatoms. The van der Waals surface area contributed by atoms with Gasteiger partial charge in [-0.25, -0.2) is 8.42 Å². The molecule has 1 amide bonds. The van der Waals surface area contributed by atoms with E-state index in [0.717, 1.165) is 22.2 Å². The smallest absolute Gasteiger partial charge is 0.257 e. The van der Waals surface area contributed by atoms with Gasteiger partial charge in [-0.05, 0) is 60.9 Å². The SMILES string of the molecule is CN(c1ccccc1C(=O)Nc1ccc(SCCCC2CCCC2)cc1)S(C)(=O)=O. The minimum absolute atomic E-state index is 0.316. The van der Waals surface area contributed by atoms with Gasteiger partial charge in [0.2, 0.25) is 10.0 Å². The number of nitrogens with one attached hydrogen (secondary N) is 1. The highest BCUT2D eigenvalue weighted by molar-refractivity contribution is 7.99. The van der Waals surface area contributed by atoms with Crippen LogP contribution in [-0.4, -0.2) is 33.4 Å². The summed E-state index contributed by atoms with van der Waals surface area (Å²) >= 11 is 1.85. The molecule has 1 fully saturated rings. The topological polar surface area (TPSA) is 66.5 Å². The third kappa shape index (κ3) is 6.25. The lowest BCUT2D eigenvalue weighted by atomic mass is 10.0. The first-order valence-corrected chi connectivity index (χ1v) is 13.2. The fourth-order valence-electron chi connectivity index (χ4n) is 3.81. The van der Waals surface area contributed by atoms with Crippen molar-refractivity contribution >= 4 is 39.1 Å².